The molecule has 1 heterocycles. The number of carbonyl (C=O) groups is 1. The van der Waals surface area contributed by atoms with Gasteiger partial charge in [-0.2, -0.15) is 0 Å². The van der Waals surface area contributed by atoms with Crippen molar-refractivity contribution in [3.63, 3.8) is 0 Å². The number of carboxylic acid groups (broad SMARTS) is 1. The fraction of sp³-hybridized carbons (Fsp3) is 0.667. The standard InChI is InChI=1S/C12H18N2O2S/c1-6-4-5-9(7(6)2)13-12-14-10(11(15)16)8(3)17-12/h6-7,9H,4-5H2,1-3H3,(H,13,14)(H,15,16). The zero-order chi connectivity index (χ0) is 12.6. The summed E-state index contributed by atoms with van der Waals surface area (Å²) in [6.07, 6.45) is 2.37. The van der Waals surface area contributed by atoms with Crippen molar-refractivity contribution < 1.29 is 9.90 Å². The summed E-state index contributed by atoms with van der Waals surface area (Å²) in [6, 6.07) is 0.428. The molecule has 94 valence electrons. The highest BCUT2D eigenvalue weighted by Crippen LogP contribution is 2.34. The molecule has 1 aliphatic carbocycles. The molecule has 2 N–H and O–H groups in total. The van der Waals surface area contributed by atoms with Gasteiger partial charge in [0.2, 0.25) is 0 Å². The summed E-state index contributed by atoms with van der Waals surface area (Å²) >= 11 is 1.43. The van der Waals surface area contributed by atoms with Gasteiger partial charge in [-0.1, -0.05) is 13.8 Å². The summed E-state index contributed by atoms with van der Waals surface area (Å²) in [6.45, 7) is 6.31. The number of nitrogens with zero attached hydrogens (tertiary/aromatic N) is 1. The maximum atomic E-state index is 10.9. The molecular formula is C12H18N2O2S. The highest BCUT2D eigenvalue weighted by atomic mass is 32.1. The maximum Gasteiger partial charge on any atom is 0.355 e. The van der Waals surface area contributed by atoms with E-state index in [9.17, 15) is 4.79 Å². The molecule has 0 aromatic carbocycles. The van der Waals surface area contributed by atoms with Crippen molar-refractivity contribution in [1.82, 2.24) is 4.98 Å². The van der Waals surface area contributed by atoms with Crippen LogP contribution in [-0.4, -0.2) is 22.1 Å². The van der Waals surface area contributed by atoms with E-state index >= 15 is 0 Å². The first kappa shape index (κ1) is 12.4. The van der Waals surface area contributed by atoms with Crippen molar-refractivity contribution in [2.45, 2.75) is 39.7 Å². The highest BCUT2D eigenvalue weighted by molar-refractivity contribution is 7.15. The number of hydrogen-bond acceptors (Lipinski definition) is 4. The van der Waals surface area contributed by atoms with Crippen LogP contribution in [-0.2, 0) is 0 Å². The molecule has 1 aliphatic rings. The number of hydrogen-bond donors (Lipinski definition) is 2. The largest absolute Gasteiger partial charge is 0.476 e. The van der Waals surface area contributed by atoms with E-state index in [1.54, 1.807) is 6.92 Å². The van der Waals surface area contributed by atoms with Crippen molar-refractivity contribution >= 4 is 22.4 Å². The Balaban J connectivity index is 2.09. The molecular weight excluding hydrogens is 236 g/mol. The first-order valence-corrected chi connectivity index (χ1v) is 6.78. The molecule has 1 fully saturated rings. The second-order valence-corrected chi connectivity index (χ2v) is 6.10. The molecule has 17 heavy (non-hydrogen) atoms. The van der Waals surface area contributed by atoms with Gasteiger partial charge in [0, 0.05) is 10.9 Å². The van der Waals surface area contributed by atoms with Gasteiger partial charge in [0.05, 0.1) is 0 Å². The van der Waals surface area contributed by atoms with Crippen LogP contribution in [0.25, 0.3) is 0 Å². The molecule has 1 aromatic rings. The summed E-state index contributed by atoms with van der Waals surface area (Å²) in [5.41, 5.74) is 0.177. The lowest BCUT2D eigenvalue weighted by Gasteiger charge is -2.18. The summed E-state index contributed by atoms with van der Waals surface area (Å²) in [7, 11) is 0. The topological polar surface area (TPSA) is 62.2 Å². The molecule has 0 bridgehead atoms. The van der Waals surface area contributed by atoms with Crippen molar-refractivity contribution in [3.8, 4) is 0 Å². The van der Waals surface area contributed by atoms with Crippen LogP contribution in [0.15, 0.2) is 0 Å². The molecule has 4 nitrogen and oxygen atoms in total. The molecule has 0 aliphatic heterocycles. The fourth-order valence-corrected chi connectivity index (χ4v) is 3.25. The predicted octanol–water partition coefficient (Wildman–Crippen LogP) is 3.00. The third kappa shape index (κ3) is 2.44. The Kier molecular flexibility index (Phi) is 3.38. The molecule has 2 rings (SSSR count). The number of thiazole rings is 1. The Bertz CT molecular complexity index is 430. The number of anilines is 1. The fourth-order valence-electron chi connectivity index (χ4n) is 2.38. The van der Waals surface area contributed by atoms with Gasteiger partial charge in [0.1, 0.15) is 0 Å². The molecule has 0 radical (unpaired) electrons. The molecule has 3 unspecified atom stereocenters. The van der Waals surface area contributed by atoms with Crippen LogP contribution in [0.5, 0.6) is 0 Å². The summed E-state index contributed by atoms with van der Waals surface area (Å²) in [5, 5.41) is 13.1. The predicted molar refractivity (Wildman–Crippen MR) is 68.8 cm³/mol. The van der Waals surface area contributed by atoms with E-state index in [2.05, 4.69) is 24.1 Å². The zero-order valence-electron chi connectivity index (χ0n) is 10.4. The lowest BCUT2D eigenvalue weighted by Crippen LogP contribution is -2.23. The SMILES string of the molecule is Cc1sc(NC2CCC(C)C2C)nc1C(=O)O. The van der Waals surface area contributed by atoms with E-state index in [4.69, 9.17) is 5.11 Å². The van der Waals surface area contributed by atoms with Crippen molar-refractivity contribution in [3.05, 3.63) is 10.6 Å². The van der Waals surface area contributed by atoms with Crippen LogP contribution in [0, 0.1) is 18.8 Å². The van der Waals surface area contributed by atoms with Gasteiger partial charge in [0.25, 0.3) is 0 Å². The molecule has 3 atom stereocenters. The maximum absolute atomic E-state index is 10.9. The Morgan fingerprint density at radius 1 is 1.47 bits per heavy atom. The van der Waals surface area contributed by atoms with E-state index in [1.807, 2.05) is 0 Å². The molecule has 5 heteroatoms. The van der Waals surface area contributed by atoms with Crippen LogP contribution in [0.2, 0.25) is 0 Å². The minimum Gasteiger partial charge on any atom is -0.476 e. The van der Waals surface area contributed by atoms with Gasteiger partial charge in [-0.05, 0) is 31.6 Å². The Hall–Kier alpha value is -1.10. The van der Waals surface area contributed by atoms with Gasteiger partial charge in [-0.15, -0.1) is 11.3 Å². The minimum atomic E-state index is -0.945. The minimum absolute atomic E-state index is 0.177. The van der Waals surface area contributed by atoms with Crippen LogP contribution in [0.1, 0.15) is 42.1 Å². The van der Waals surface area contributed by atoms with E-state index in [0.29, 0.717) is 12.0 Å². The molecule has 1 aromatic heterocycles. The highest BCUT2D eigenvalue weighted by Gasteiger charge is 2.30. The van der Waals surface area contributed by atoms with Gasteiger partial charge in [0.15, 0.2) is 10.8 Å². The van der Waals surface area contributed by atoms with Crippen LogP contribution < -0.4 is 5.32 Å². The lowest BCUT2D eigenvalue weighted by molar-refractivity contribution is 0.0690. The van der Waals surface area contributed by atoms with E-state index in [-0.39, 0.29) is 5.69 Å². The average Bonchev–Trinajstić information content (AvgIpc) is 2.76. The average molecular weight is 254 g/mol. The second-order valence-electron chi connectivity index (χ2n) is 4.89. The number of nitrogens with one attached hydrogen (secondary N) is 1. The third-order valence-corrected chi connectivity index (χ3v) is 4.68. The summed E-state index contributed by atoms with van der Waals surface area (Å²) < 4.78 is 0. The first-order chi connectivity index (χ1) is 7.99. The summed E-state index contributed by atoms with van der Waals surface area (Å²) in [4.78, 5) is 15.8. The lowest BCUT2D eigenvalue weighted by atomic mass is 9.98. The van der Waals surface area contributed by atoms with Crippen LogP contribution >= 0.6 is 11.3 Å². The van der Waals surface area contributed by atoms with Gasteiger partial charge < -0.3 is 10.4 Å². The van der Waals surface area contributed by atoms with Crippen LogP contribution in [0.3, 0.4) is 0 Å². The number of carboxylic acids is 1. The quantitative estimate of drug-likeness (QED) is 0.870. The van der Waals surface area contributed by atoms with Gasteiger partial charge in [-0.3, -0.25) is 0 Å². The van der Waals surface area contributed by atoms with E-state index < -0.39 is 5.97 Å². The van der Waals surface area contributed by atoms with Crippen molar-refractivity contribution in [2.75, 3.05) is 5.32 Å². The third-order valence-electron chi connectivity index (χ3n) is 3.77. The zero-order valence-corrected chi connectivity index (χ0v) is 11.2. The van der Waals surface area contributed by atoms with E-state index in [0.717, 1.165) is 22.3 Å². The Labute approximate surface area is 105 Å². The number of aromatic carboxylic acids is 1. The normalized spacial score (nSPS) is 28.3. The first-order valence-electron chi connectivity index (χ1n) is 5.96. The van der Waals surface area contributed by atoms with Gasteiger partial charge >= 0.3 is 5.97 Å². The monoisotopic (exact) mass is 254 g/mol. The smallest absolute Gasteiger partial charge is 0.355 e. The van der Waals surface area contributed by atoms with Crippen molar-refractivity contribution in [1.29, 1.82) is 0 Å². The van der Waals surface area contributed by atoms with Crippen molar-refractivity contribution in [2.24, 2.45) is 11.8 Å². The van der Waals surface area contributed by atoms with Crippen LogP contribution in [0.4, 0.5) is 5.13 Å². The molecule has 0 spiro atoms. The number of rotatable bonds is 3. The summed E-state index contributed by atoms with van der Waals surface area (Å²) in [5.74, 6) is 0.402. The number of aryl methyl sites for hydroxylation is 1. The Morgan fingerprint density at radius 2 is 2.18 bits per heavy atom. The molecule has 0 amide bonds. The van der Waals surface area contributed by atoms with E-state index in [1.165, 1.54) is 17.8 Å². The second kappa shape index (κ2) is 4.64. The number of aromatic nitrogens is 1. The molecule has 0 saturated heterocycles. The molecule has 1 saturated carbocycles. The Morgan fingerprint density at radius 3 is 2.65 bits per heavy atom. The van der Waals surface area contributed by atoms with Gasteiger partial charge in [-0.25, -0.2) is 9.78 Å².